The average Bonchev–Trinajstić information content (AvgIpc) is 2.83. The Morgan fingerprint density at radius 2 is 2.18 bits per heavy atom. The number of carbonyl (C=O) groups excluding carboxylic acids is 1. The van der Waals surface area contributed by atoms with Crippen LogP contribution in [0.1, 0.15) is 26.3 Å². The van der Waals surface area contributed by atoms with Crippen molar-refractivity contribution in [3.05, 3.63) is 23.8 Å². The van der Waals surface area contributed by atoms with E-state index in [2.05, 4.69) is 15.6 Å². The minimum Gasteiger partial charge on any atom is -0.444 e. The summed E-state index contributed by atoms with van der Waals surface area (Å²) >= 11 is 1.53. The quantitative estimate of drug-likeness (QED) is 0.788. The molecule has 0 fully saturated rings. The first-order valence-electron chi connectivity index (χ1n) is 7.08. The van der Waals surface area contributed by atoms with Crippen LogP contribution in [0.5, 0.6) is 0 Å². The smallest absolute Gasteiger partial charge is 0.407 e. The lowest BCUT2D eigenvalue weighted by Crippen LogP contribution is -2.32. The first-order valence-corrected chi connectivity index (χ1v) is 7.90. The van der Waals surface area contributed by atoms with Crippen molar-refractivity contribution < 1.29 is 14.6 Å². The minimum atomic E-state index is -0.504. The van der Waals surface area contributed by atoms with Crippen molar-refractivity contribution in [3.63, 3.8) is 0 Å². The van der Waals surface area contributed by atoms with Gasteiger partial charge in [-0.25, -0.2) is 9.78 Å². The molecule has 7 heteroatoms. The highest BCUT2D eigenvalue weighted by Gasteiger charge is 2.15. The fourth-order valence-corrected chi connectivity index (χ4v) is 2.68. The molecule has 22 heavy (non-hydrogen) atoms. The number of aliphatic hydroxyl groups excluding tert-OH is 1. The molecule has 3 N–H and O–H groups in total. The summed E-state index contributed by atoms with van der Waals surface area (Å²) < 4.78 is 6.25. The predicted octanol–water partition coefficient (Wildman–Crippen LogP) is 2.73. The van der Waals surface area contributed by atoms with Gasteiger partial charge < -0.3 is 20.5 Å². The van der Waals surface area contributed by atoms with E-state index in [-0.39, 0.29) is 6.61 Å². The Balaban J connectivity index is 1.98. The van der Waals surface area contributed by atoms with Crippen LogP contribution in [0.4, 0.5) is 9.93 Å². The minimum absolute atomic E-state index is 0.0704. The van der Waals surface area contributed by atoms with Gasteiger partial charge in [0.05, 0.1) is 16.8 Å². The number of hydrogen-bond acceptors (Lipinski definition) is 6. The average molecular weight is 323 g/mol. The summed E-state index contributed by atoms with van der Waals surface area (Å²) in [6.07, 6.45) is -0.434. The van der Waals surface area contributed by atoms with E-state index < -0.39 is 11.7 Å². The van der Waals surface area contributed by atoms with Crippen LogP contribution in [-0.2, 0) is 11.3 Å². The van der Waals surface area contributed by atoms with Crippen LogP contribution in [0.3, 0.4) is 0 Å². The Hall–Kier alpha value is -1.86. The molecule has 1 aromatic heterocycles. The number of amides is 1. The molecule has 2 rings (SSSR count). The van der Waals surface area contributed by atoms with Crippen molar-refractivity contribution in [2.45, 2.75) is 32.9 Å². The third kappa shape index (κ3) is 4.85. The highest BCUT2D eigenvalue weighted by molar-refractivity contribution is 7.22. The molecular formula is C15H21N3O3S. The molecule has 0 aliphatic carbocycles. The third-order valence-corrected chi connectivity index (χ3v) is 3.67. The molecule has 0 saturated carbocycles. The number of thiazole rings is 1. The lowest BCUT2D eigenvalue weighted by molar-refractivity contribution is 0.0523. The maximum Gasteiger partial charge on any atom is 0.407 e. The van der Waals surface area contributed by atoms with Gasteiger partial charge in [0.25, 0.3) is 0 Å². The molecule has 0 unspecified atom stereocenters. The number of alkyl carbamates (subject to hydrolysis) is 1. The van der Waals surface area contributed by atoms with Crippen LogP contribution in [0.15, 0.2) is 18.2 Å². The molecule has 0 spiro atoms. The largest absolute Gasteiger partial charge is 0.444 e. The number of anilines is 1. The lowest BCUT2D eigenvalue weighted by Gasteiger charge is -2.19. The van der Waals surface area contributed by atoms with Gasteiger partial charge in [0.1, 0.15) is 5.60 Å². The fourth-order valence-electron chi connectivity index (χ4n) is 1.81. The molecule has 0 atom stereocenters. The summed E-state index contributed by atoms with van der Waals surface area (Å²) in [5.41, 5.74) is 1.32. The molecule has 0 aliphatic rings. The van der Waals surface area contributed by atoms with Gasteiger partial charge in [-0.05, 0) is 38.5 Å². The number of aliphatic hydroxyl groups is 1. The van der Waals surface area contributed by atoms with E-state index in [1.807, 2.05) is 39.0 Å². The Kier molecular flexibility index (Phi) is 5.20. The number of hydrogen-bond donors (Lipinski definition) is 3. The Morgan fingerprint density at radius 1 is 1.41 bits per heavy atom. The van der Waals surface area contributed by atoms with E-state index >= 15 is 0 Å². The van der Waals surface area contributed by atoms with Crippen molar-refractivity contribution in [2.24, 2.45) is 0 Å². The number of rotatable bonds is 5. The van der Waals surface area contributed by atoms with Crippen molar-refractivity contribution in [1.29, 1.82) is 0 Å². The van der Waals surface area contributed by atoms with E-state index in [9.17, 15) is 4.79 Å². The van der Waals surface area contributed by atoms with Gasteiger partial charge in [-0.2, -0.15) is 0 Å². The molecule has 0 saturated heterocycles. The van der Waals surface area contributed by atoms with Gasteiger partial charge in [-0.1, -0.05) is 17.4 Å². The van der Waals surface area contributed by atoms with Gasteiger partial charge in [0.2, 0.25) is 0 Å². The highest BCUT2D eigenvalue weighted by Crippen LogP contribution is 2.26. The molecule has 1 heterocycles. The summed E-state index contributed by atoms with van der Waals surface area (Å²) in [6, 6.07) is 5.87. The SMILES string of the molecule is CC(C)(C)OC(=O)NCc1ccc2sc(NCCO)nc2c1. The van der Waals surface area contributed by atoms with Crippen LogP contribution < -0.4 is 10.6 Å². The fraction of sp³-hybridized carbons (Fsp3) is 0.467. The number of nitrogens with one attached hydrogen (secondary N) is 2. The van der Waals surface area contributed by atoms with E-state index in [0.717, 1.165) is 20.9 Å². The van der Waals surface area contributed by atoms with E-state index in [0.29, 0.717) is 13.1 Å². The van der Waals surface area contributed by atoms with Crippen LogP contribution in [0, 0.1) is 0 Å². The zero-order valence-corrected chi connectivity index (χ0v) is 13.8. The number of aromatic nitrogens is 1. The maximum absolute atomic E-state index is 11.6. The highest BCUT2D eigenvalue weighted by atomic mass is 32.1. The van der Waals surface area contributed by atoms with Crippen molar-refractivity contribution in [1.82, 2.24) is 10.3 Å². The van der Waals surface area contributed by atoms with E-state index in [4.69, 9.17) is 9.84 Å². The van der Waals surface area contributed by atoms with Gasteiger partial charge in [0, 0.05) is 13.1 Å². The summed E-state index contributed by atoms with van der Waals surface area (Å²) in [6.45, 7) is 6.42. The molecule has 1 amide bonds. The summed E-state index contributed by atoms with van der Waals surface area (Å²) in [7, 11) is 0. The van der Waals surface area contributed by atoms with Crippen LogP contribution in [-0.4, -0.2) is 34.9 Å². The van der Waals surface area contributed by atoms with Crippen LogP contribution >= 0.6 is 11.3 Å². The molecule has 0 bridgehead atoms. The number of ether oxygens (including phenoxy) is 1. The first-order chi connectivity index (χ1) is 10.4. The number of carbonyl (C=O) groups is 1. The van der Waals surface area contributed by atoms with Gasteiger partial charge >= 0.3 is 6.09 Å². The molecule has 2 aromatic rings. The second kappa shape index (κ2) is 6.93. The predicted molar refractivity (Wildman–Crippen MR) is 88.3 cm³/mol. The summed E-state index contributed by atoms with van der Waals surface area (Å²) in [5, 5.41) is 15.4. The van der Waals surface area contributed by atoms with E-state index in [1.165, 1.54) is 11.3 Å². The third-order valence-electron chi connectivity index (χ3n) is 2.68. The molecule has 0 radical (unpaired) electrons. The Bertz CT molecular complexity index is 649. The normalized spacial score (nSPS) is 11.5. The van der Waals surface area contributed by atoms with Crippen molar-refractivity contribution in [2.75, 3.05) is 18.5 Å². The van der Waals surface area contributed by atoms with Crippen molar-refractivity contribution in [3.8, 4) is 0 Å². The monoisotopic (exact) mass is 323 g/mol. The maximum atomic E-state index is 11.6. The lowest BCUT2D eigenvalue weighted by atomic mass is 10.2. The van der Waals surface area contributed by atoms with Crippen molar-refractivity contribution >= 4 is 32.8 Å². The van der Waals surface area contributed by atoms with Crippen LogP contribution in [0.2, 0.25) is 0 Å². The number of nitrogens with zero attached hydrogens (tertiary/aromatic N) is 1. The van der Waals surface area contributed by atoms with Gasteiger partial charge in [-0.15, -0.1) is 0 Å². The number of benzene rings is 1. The Morgan fingerprint density at radius 3 is 2.86 bits per heavy atom. The second-order valence-electron chi connectivity index (χ2n) is 5.83. The standard InChI is InChI=1S/C15H21N3O3S/c1-15(2,3)21-14(20)17-9-10-4-5-12-11(8-10)18-13(22-12)16-6-7-19/h4-5,8,19H,6-7,9H2,1-3H3,(H,16,18)(H,17,20). The second-order valence-corrected chi connectivity index (χ2v) is 6.86. The molecular weight excluding hydrogens is 302 g/mol. The van der Waals surface area contributed by atoms with Crippen LogP contribution in [0.25, 0.3) is 10.2 Å². The van der Waals surface area contributed by atoms with Gasteiger partial charge in [-0.3, -0.25) is 0 Å². The molecule has 120 valence electrons. The zero-order valence-electron chi connectivity index (χ0n) is 13.0. The molecule has 0 aliphatic heterocycles. The topological polar surface area (TPSA) is 83.5 Å². The van der Waals surface area contributed by atoms with Gasteiger partial charge in [0.15, 0.2) is 5.13 Å². The zero-order chi connectivity index (χ0) is 16.2. The number of fused-ring (bicyclic) bond motifs is 1. The molecule has 1 aromatic carbocycles. The first kappa shape index (κ1) is 16.5. The summed E-state index contributed by atoms with van der Waals surface area (Å²) in [4.78, 5) is 16.1. The molecule has 6 nitrogen and oxygen atoms in total. The van der Waals surface area contributed by atoms with E-state index in [1.54, 1.807) is 0 Å². The summed E-state index contributed by atoms with van der Waals surface area (Å²) in [5.74, 6) is 0. The Labute approximate surface area is 133 Å².